The van der Waals surface area contributed by atoms with Crippen LogP contribution < -0.4 is 0 Å². The second-order valence-corrected chi connectivity index (χ2v) is 6.50. The molecule has 1 aliphatic rings. The zero-order valence-corrected chi connectivity index (χ0v) is 13.7. The van der Waals surface area contributed by atoms with Crippen LogP contribution in [0.4, 0.5) is 0 Å². The van der Waals surface area contributed by atoms with Crippen LogP contribution in [0.25, 0.3) is 0 Å². The number of carbonyl (C=O) groups is 1. The van der Waals surface area contributed by atoms with Crippen molar-refractivity contribution in [3.8, 4) is 0 Å². The van der Waals surface area contributed by atoms with E-state index in [1.54, 1.807) is 0 Å². The van der Waals surface area contributed by atoms with Crippen molar-refractivity contribution in [3.05, 3.63) is 33.3 Å². The maximum atomic E-state index is 11.2. The van der Waals surface area contributed by atoms with Gasteiger partial charge in [0.1, 0.15) is 0 Å². The third-order valence-electron chi connectivity index (χ3n) is 3.78. The van der Waals surface area contributed by atoms with E-state index in [9.17, 15) is 9.90 Å². The van der Waals surface area contributed by atoms with Crippen LogP contribution in [0.2, 0.25) is 5.02 Å². The summed E-state index contributed by atoms with van der Waals surface area (Å²) in [6.07, 6.45) is 4.87. The van der Waals surface area contributed by atoms with Crippen LogP contribution in [0.1, 0.15) is 43.7 Å². The van der Waals surface area contributed by atoms with Crippen LogP contribution in [-0.4, -0.2) is 29.1 Å². The number of likely N-dealkylation sites (tertiary alicyclic amines) is 1. The fraction of sp³-hybridized carbons (Fsp3) is 0.533. The van der Waals surface area contributed by atoms with Gasteiger partial charge >= 0.3 is 5.97 Å². The summed E-state index contributed by atoms with van der Waals surface area (Å²) in [6, 6.07) is 5.65. The molecule has 0 spiro atoms. The van der Waals surface area contributed by atoms with Gasteiger partial charge in [-0.15, -0.1) is 0 Å². The number of hydrogen-bond donors (Lipinski definition) is 1. The lowest BCUT2D eigenvalue weighted by atomic mass is 10.0. The Bertz CT molecular complexity index is 473. The summed E-state index contributed by atoms with van der Waals surface area (Å²) < 4.78 is 0.841. The first kappa shape index (κ1) is 15.8. The largest absolute Gasteiger partial charge is 0.481 e. The highest BCUT2D eigenvalue weighted by Crippen LogP contribution is 2.31. The third-order valence-corrected chi connectivity index (χ3v) is 5.01. The lowest BCUT2D eigenvalue weighted by molar-refractivity contribution is -0.138. The van der Waals surface area contributed by atoms with Gasteiger partial charge in [-0.25, -0.2) is 0 Å². The van der Waals surface area contributed by atoms with E-state index in [0.717, 1.165) is 36.0 Å². The summed E-state index contributed by atoms with van der Waals surface area (Å²) in [7, 11) is 0. The smallest absolute Gasteiger partial charge is 0.305 e. The molecule has 5 heteroatoms. The van der Waals surface area contributed by atoms with Gasteiger partial charge in [-0.05, 0) is 59.6 Å². The third kappa shape index (κ3) is 4.21. The molecule has 3 nitrogen and oxygen atoms in total. The molecule has 1 aromatic carbocycles. The second kappa shape index (κ2) is 7.43. The molecule has 0 radical (unpaired) electrons. The second-order valence-electron chi connectivity index (χ2n) is 5.24. The highest BCUT2D eigenvalue weighted by atomic mass is 79.9. The van der Waals surface area contributed by atoms with E-state index >= 15 is 0 Å². The van der Waals surface area contributed by atoms with Crippen molar-refractivity contribution in [2.45, 2.75) is 38.1 Å². The molecule has 1 aromatic rings. The molecule has 0 saturated carbocycles. The van der Waals surface area contributed by atoms with Gasteiger partial charge in [-0.1, -0.05) is 30.5 Å². The predicted octanol–water partition coefficient (Wildman–Crippen LogP) is 4.49. The molecule has 1 heterocycles. The monoisotopic (exact) mass is 359 g/mol. The fourth-order valence-corrected chi connectivity index (χ4v) is 3.19. The average Bonchev–Trinajstić information content (AvgIpc) is 2.68. The average molecular weight is 361 g/mol. The Morgan fingerprint density at radius 1 is 1.30 bits per heavy atom. The number of rotatable bonds is 4. The van der Waals surface area contributed by atoms with Gasteiger partial charge in [0, 0.05) is 10.5 Å². The molecule has 1 atom stereocenters. The van der Waals surface area contributed by atoms with E-state index in [1.165, 1.54) is 12.8 Å². The standard InChI is InChI=1S/C15H19BrClNO2/c16-12-6-5-11(9-13(12)17)14(10-15(19)20)18-7-3-1-2-4-8-18/h5-6,9,14H,1-4,7-8,10H2,(H,19,20). The van der Waals surface area contributed by atoms with E-state index < -0.39 is 5.97 Å². The number of hydrogen-bond acceptors (Lipinski definition) is 2. The summed E-state index contributed by atoms with van der Waals surface area (Å²) in [4.78, 5) is 13.5. The molecular weight excluding hydrogens is 342 g/mol. The molecular formula is C15H19BrClNO2. The molecule has 0 aliphatic carbocycles. The van der Waals surface area contributed by atoms with E-state index in [-0.39, 0.29) is 12.5 Å². The van der Waals surface area contributed by atoms with Crippen molar-refractivity contribution in [3.63, 3.8) is 0 Å². The molecule has 1 aliphatic heterocycles. The number of nitrogens with zero attached hydrogens (tertiary/aromatic N) is 1. The van der Waals surface area contributed by atoms with E-state index in [1.807, 2.05) is 18.2 Å². The minimum Gasteiger partial charge on any atom is -0.481 e. The predicted molar refractivity (Wildman–Crippen MR) is 84.2 cm³/mol. The summed E-state index contributed by atoms with van der Waals surface area (Å²) in [5, 5.41) is 9.83. The van der Waals surface area contributed by atoms with Gasteiger partial charge in [0.05, 0.1) is 11.4 Å². The molecule has 0 aromatic heterocycles. The number of carboxylic acid groups (broad SMARTS) is 1. The lowest BCUT2D eigenvalue weighted by Crippen LogP contribution is -2.31. The van der Waals surface area contributed by atoms with Crippen LogP contribution in [0, 0.1) is 0 Å². The quantitative estimate of drug-likeness (QED) is 0.859. The molecule has 110 valence electrons. The van der Waals surface area contributed by atoms with Crippen LogP contribution in [0.15, 0.2) is 22.7 Å². The van der Waals surface area contributed by atoms with Gasteiger partial charge in [0.25, 0.3) is 0 Å². The number of benzene rings is 1. The zero-order chi connectivity index (χ0) is 14.5. The Labute approximate surface area is 133 Å². The summed E-state index contributed by atoms with van der Waals surface area (Å²) in [5.74, 6) is -0.765. The first-order valence-electron chi connectivity index (χ1n) is 6.98. The Morgan fingerprint density at radius 3 is 2.50 bits per heavy atom. The van der Waals surface area contributed by atoms with Crippen LogP contribution >= 0.6 is 27.5 Å². The van der Waals surface area contributed by atoms with Crippen molar-refractivity contribution in [2.75, 3.05) is 13.1 Å². The van der Waals surface area contributed by atoms with Crippen molar-refractivity contribution >= 4 is 33.5 Å². The van der Waals surface area contributed by atoms with Gasteiger partial charge in [0.15, 0.2) is 0 Å². The maximum Gasteiger partial charge on any atom is 0.305 e. The Balaban J connectivity index is 2.25. The van der Waals surface area contributed by atoms with E-state index in [4.69, 9.17) is 11.6 Å². The number of halogens is 2. The molecule has 20 heavy (non-hydrogen) atoms. The molecule has 1 saturated heterocycles. The molecule has 0 amide bonds. The SMILES string of the molecule is O=C(O)CC(c1ccc(Br)c(Cl)c1)N1CCCCCC1. The number of aliphatic carboxylic acids is 1. The van der Waals surface area contributed by atoms with Crippen LogP contribution in [-0.2, 0) is 4.79 Å². The van der Waals surface area contributed by atoms with Gasteiger partial charge in [-0.3, -0.25) is 9.69 Å². The van der Waals surface area contributed by atoms with Gasteiger partial charge in [0.2, 0.25) is 0 Å². The minimum atomic E-state index is -0.765. The Hall–Kier alpha value is -0.580. The van der Waals surface area contributed by atoms with E-state index in [0.29, 0.717) is 5.02 Å². The highest BCUT2D eigenvalue weighted by Gasteiger charge is 2.24. The van der Waals surface area contributed by atoms with Crippen molar-refractivity contribution < 1.29 is 9.90 Å². The Morgan fingerprint density at radius 2 is 1.95 bits per heavy atom. The zero-order valence-electron chi connectivity index (χ0n) is 11.3. The lowest BCUT2D eigenvalue weighted by Gasteiger charge is -2.30. The van der Waals surface area contributed by atoms with Crippen molar-refractivity contribution in [2.24, 2.45) is 0 Å². The summed E-state index contributed by atoms with van der Waals surface area (Å²) in [5.41, 5.74) is 0.988. The maximum absolute atomic E-state index is 11.2. The van der Waals surface area contributed by atoms with Gasteiger partial charge in [-0.2, -0.15) is 0 Å². The molecule has 0 bridgehead atoms. The first-order chi connectivity index (χ1) is 9.58. The first-order valence-corrected chi connectivity index (χ1v) is 8.16. The highest BCUT2D eigenvalue weighted by molar-refractivity contribution is 9.10. The van der Waals surface area contributed by atoms with Crippen LogP contribution in [0.3, 0.4) is 0 Å². The number of carboxylic acids is 1. The van der Waals surface area contributed by atoms with Crippen LogP contribution in [0.5, 0.6) is 0 Å². The molecule has 1 fully saturated rings. The molecule has 1 unspecified atom stereocenters. The van der Waals surface area contributed by atoms with Crippen molar-refractivity contribution in [1.82, 2.24) is 4.90 Å². The van der Waals surface area contributed by atoms with Crippen molar-refractivity contribution in [1.29, 1.82) is 0 Å². The molecule has 1 N–H and O–H groups in total. The van der Waals surface area contributed by atoms with Gasteiger partial charge < -0.3 is 5.11 Å². The summed E-state index contributed by atoms with van der Waals surface area (Å²) in [6.45, 7) is 1.93. The summed E-state index contributed by atoms with van der Waals surface area (Å²) >= 11 is 9.53. The normalized spacial score (nSPS) is 18.5. The molecule has 2 rings (SSSR count). The van der Waals surface area contributed by atoms with E-state index in [2.05, 4.69) is 20.8 Å². The topological polar surface area (TPSA) is 40.5 Å². The minimum absolute atomic E-state index is 0.0869. The Kier molecular flexibility index (Phi) is 5.87. The fourth-order valence-electron chi connectivity index (χ4n) is 2.75.